The van der Waals surface area contributed by atoms with Gasteiger partial charge < -0.3 is 0 Å². The summed E-state index contributed by atoms with van der Waals surface area (Å²) in [4.78, 5) is 0. The summed E-state index contributed by atoms with van der Waals surface area (Å²) >= 11 is 2.33. The molecular weight excluding hydrogens is 311 g/mol. The highest BCUT2D eigenvalue weighted by Gasteiger charge is 2.13. The summed E-state index contributed by atoms with van der Waals surface area (Å²) in [7, 11) is 0. The molecule has 0 saturated heterocycles. The molecule has 2 rings (SSSR count). The Bertz CT molecular complexity index is 456. The van der Waals surface area contributed by atoms with E-state index in [1.807, 2.05) is 30.3 Å². The van der Waals surface area contributed by atoms with Crippen molar-refractivity contribution in [1.29, 1.82) is 0 Å². The number of hydrazine groups is 1. The van der Waals surface area contributed by atoms with Crippen LogP contribution in [0.5, 0.6) is 0 Å². The molecular formula is C13H13IN2. The molecule has 2 nitrogen and oxygen atoms in total. The fraction of sp³-hybridized carbons (Fsp3) is 0.0769. The molecule has 82 valence electrons. The standard InChI is InChI=1S/C13H13IN2/c14-12-9-5-4-8-11(12)13(16-15)10-6-2-1-3-7-10/h1-9,13,16H,15H2. The summed E-state index contributed by atoms with van der Waals surface area (Å²) in [5.41, 5.74) is 5.25. The Kier molecular flexibility index (Phi) is 3.93. The monoisotopic (exact) mass is 324 g/mol. The van der Waals surface area contributed by atoms with Gasteiger partial charge >= 0.3 is 0 Å². The maximum Gasteiger partial charge on any atom is 0.0720 e. The van der Waals surface area contributed by atoms with Crippen LogP contribution in [0.15, 0.2) is 54.6 Å². The van der Waals surface area contributed by atoms with Gasteiger partial charge in [0.2, 0.25) is 0 Å². The quantitative estimate of drug-likeness (QED) is 0.518. The van der Waals surface area contributed by atoms with E-state index < -0.39 is 0 Å². The van der Waals surface area contributed by atoms with E-state index in [1.54, 1.807) is 0 Å². The highest BCUT2D eigenvalue weighted by Crippen LogP contribution is 2.25. The van der Waals surface area contributed by atoms with Gasteiger partial charge in [0.25, 0.3) is 0 Å². The van der Waals surface area contributed by atoms with E-state index >= 15 is 0 Å². The highest BCUT2D eigenvalue weighted by atomic mass is 127. The minimum Gasteiger partial charge on any atom is -0.271 e. The second-order valence-corrected chi connectivity index (χ2v) is 4.69. The Morgan fingerprint density at radius 3 is 2.19 bits per heavy atom. The van der Waals surface area contributed by atoms with Crippen molar-refractivity contribution in [3.05, 3.63) is 69.3 Å². The van der Waals surface area contributed by atoms with E-state index in [4.69, 9.17) is 5.84 Å². The average molecular weight is 324 g/mol. The lowest BCUT2D eigenvalue weighted by molar-refractivity contribution is 0.634. The molecule has 0 amide bonds. The lowest BCUT2D eigenvalue weighted by Crippen LogP contribution is -2.29. The molecule has 0 heterocycles. The van der Waals surface area contributed by atoms with Crippen LogP contribution < -0.4 is 11.3 Å². The van der Waals surface area contributed by atoms with Crippen LogP contribution in [0.2, 0.25) is 0 Å². The third kappa shape index (κ3) is 2.42. The van der Waals surface area contributed by atoms with Crippen LogP contribution in [0.3, 0.4) is 0 Å². The SMILES string of the molecule is NNC(c1ccccc1)c1ccccc1I. The Balaban J connectivity index is 2.41. The van der Waals surface area contributed by atoms with Crippen LogP contribution in [0.25, 0.3) is 0 Å². The minimum atomic E-state index is 0.0503. The van der Waals surface area contributed by atoms with Crippen LogP contribution in [0, 0.1) is 3.57 Å². The van der Waals surface area contributed by atoms with E-state index in [0.29, 0.717) is 0 Å². The van der Waals surface area contributed by atoms with Gasteiger partial charge in [-0.25, -0.2) is 5.43 Å². The molecule has 16 heavy (non-hydrogen) atoms. The zero-order chi connectivity index (χ0) is 11.4. The molecule has 0 aliphatic heterocycles. The predicted molar refractivity (Wildman–Crippen MR) is 74.8 cm³/mol. The zero-order valence-corrected chi connectivity index (χ0v) is 10.9. The van der Waals surface area contributed by atoms with Crippen molar-refractivity contribution in [3.8, 4) is 0 Å². The van der Waals surface area contributed by atoms with Crippen LogP contribution in [-0.2, 0) is 0 Å². The van der Waals surface area contributed by atoms with Crippen LogP contribution in [0.1, 0.15) is 17.2 Å². The molecule has 3 N–H and O–H groups in total. The van der Waals surface area contributed by atoms with Crippen molar-refractivity contribution in [1.82, 2.24) is 5.43 Å². The van der Waals surface area contributed by atoms with Crippen molar-refractivity contribution >= 4 is 22.6 Å². The number of rotatable bonds is 3. The third-order valence-electron chi connectivity index (χ3n) is 2.52. The topological polar surface area (TPSA) is 38.0 Å². The van der Waals surface area contributed by atoms with E-state index in [9.17, 15) is 0 Å². The van der Waals surface area contributed by atoms with Gasteiger partial charge in [-0.1, -0.05) is 48.5 Å². The predicted octanol–water partition coefficient (Wildman–Crippen LogP) is 2.84. The highest BCUT2D eigenvalue weighted by molar-refractivity contribution is 14.1. The molecule has 0 aliphatic rings. The number of benzene rings is 2. The molecule has 1 atom stereocenters. The first-order valence-electron chi connectivity index (χ1n) is 5.08. The molecule has 0 fully saturated rings. The molecule has 3 heteroatoms. The Morgan fingerprint density at radius 1 is 0.938 bits per heavy atom. The first kappa shape index (κ1) is 11.6. The second-order valence-electron chi connectivity index (χ2n) is 3.53. The number of nitrogens with one attached hydrogen (secondary N) is 1. The van der Waals surface area contributed by atoms with Gasteiger partial charge in [0.1, 0.15) is 0 Å². The van der Waals surface area contributed by atoms with Crippen LogP contribution in [-0.4, -0.2) is 0 Å². The number of nitrogens with two attached hydrogens (primary N) is 1. The number of hydrogen-bond acceptors (Lipinski definition) is 2. The molecule has 0 saturated carbocycles. The molecule has 0 spiro atoms. The smallest absolute Gasteiger partial charge is 0.0720 e. The van der Waals surface area contributed by atoms with Crippen LogP contribution >= 0.6 is 22.6 Å². The first-order chi connectivity index (χ1) is 7.83. The van der Waals surface area contributed by atoms with Gasteiger partial charge in [-0.3, -0.25) is 5.84 Å². The summed E-state index contributed by atoms with van der Waals surface area (Å²) in [5, 5.41) is 0. The molecule has 2 aromatic rings. The van der Waals surface area contributed by atoms with Crippen molar-refractivity contribution < 1.29 is 0 Å². The van der Waals surface area contributed by atoms with Gasteiger partial charge in [-0.05, 0) is 39.8 Å². The van der Waals surface area contributed by atoms with Crippen molar-refractivity contribution in [2.75, 3.05) is 0 Å². The van der Waals surface area contributed by atoms with E-state index in [-0.39, 0.29) is 6.04 Å². The fourth-order valence-corrected chi connectivity index (χ4v) is 2.42. The van der Waals surface area contributed by atoms with Crippen LogP contribution in [0.4, 0.5) is 0 Å². The van der Waals surface area contributed by atoms with Gasteiger partial charge in [-0.15, -0.1) is 0 Å². The average Bonchev–Trinajstić information content (AvgIpc) is 2.34. The summed E-state index contributed by atoms with van der Waals surface area (Å²) in [5.74, 6) is 5.65. The molecule has 0 aliphatic carbocycles. The van der Waals surface area contributed by atoms with E-state index in [0.717, 1.165) is 0 Å². The summed E-state index contributed by atoms with van der Waals surface area (Å²) in [6, 6.07) is 18.5. The van der Waals surface area contributed by atoms with Crippen molar-refractivity contribution in [3.63, 3.8) is 0 Å². The van der Waals surface area contributed by atoms with Crippen molar-refractivity contribution in [2.24, 2.45) is 5.84 Å². The Hall–Kier alpha value is -0.910. The van der Waals surface area contributed by atoms with Gasteiger partial charge in [-0.2, -0.15) is 0 Å². The molecule has 0 aromatic heterocycles. The molecule has 1 unspecified atom stereocenters. The van der Waals surface area contributed by atoms with Gasteiger partial charge in [0.05, 0.1) is 6.04 Å². The normalized spacial score (nSPS) is 12.4. The maximum atomic E-state index is 5.65. The summed E-state index contributed by atoms with van der Waals surface area (Å²) < 4.78 is 1.21. The largest absolute Gasteiger partial charge is 0.271 e. The van der Waals surface area contributed by atoms with Gasteiger partial charge in [0, 0.05) is 3.57 Å². The second kappa shape index (κ2) is 5.43. The Morgan fingerprint density at radius 2 is 1.56 bits per heavy atom. The molecule has 2 aromatic carbocycles. The summed E-state index contributed by atoms with van der Waals surface area (Å²) in [6.45, 7) is 0. The molecule has 0 bridgehead atoms. The number of halogens is 1. The third-order valence-corrected chi connectivity index (χ3v) is 3.50. The van der Waals surface area contributed by atoms with E-state index in [2.05, 4.69) is 52.3 Å². The zero-order valence-electron chi connectivity index (χ0n) is 8.73. The first-order valence-corrected chi connectivity index (χ1v) is 6.16. The van der Waals surface area contributed by atoms with Gasteiger partial charge in [0.15, 0.2) is 0 Å². The molecule has 0 radical (unpaired) electrons. The lowest BCUT2D eigenvalue weighted by Gasteiger charge is -2.18. The van der Waals surface area contributed by atoms with Crippen molar-refractivity contribution in [2.45, 2.75) is 6.04 Å². The fourth-order valence-electron chi connectivity index (χ4n) is 1.72. The Labute approximate surface area is 109 Å². The number of hydrogen-bond donors (Lipinski definition) is 2. The summed E-state index contributed by atoms with van der Waals surface area (Å²) in [6.07, 6.45) is 0. The van der Waals surface area contributed by atoms with E-state index in [1.165, 1.54) is 14.7 Å². The lowest BCUT2D eigenvalue weighted by atomic mass is 10.00. The minimum absolute atomic E-state index is 0.0503. The maximum absolute atomic E-state index is 5.65.